The Morgan fingerprint density at radius 3 is 1.42 bits per heavy atom. The van der Waals surface area contributed by atoms with Gasteiger partial charge in [-0.3, -0.25) is 0 Å². The first kappa shape index (κ1) is 23.5. The third kappa shape index (κ3) is 9.54. The summed E-state index contributed by atoms with van der Waals surface area (Å²) in [6, 6.07) is 40.3. The van der Waals surface area contributed by atoms with Crippen molar-refractivity contribution >= 4 is 6.08 Å². The molecule has 2 heteroatoms. The molecule has 4 rings (SSSR count). The molecule has 0 amide bonds. The Morgan fingerprint density at radius 2 is 0.968 bits per heavy atom. The molecule has 4 aromatic carbocycles. The first-order valence-corrected chi connectivity index (χ1v) is 10.4. The molecule has 0 bridgehead atoms. The Balaban J connectivity index is 0.000000197. The second kappa shape index (κ2) is 14.3. The molecule has 0 spiro atoms. The number of benzene rings is 4. The van der Waals surface area contributed by atoms with Crippen LogP contribution in [0.1, 0.15) is 27.8 Å². The van der Waals surface area contributed by atoms with E-state index in [0.717, 1.165) is 25.3 Å². The van der Waals surface area contributed by atoms with Crippen molar-refractivity contribution in [1.29, 1.82) is 5.41 Å². The largest absolute Gasteiger partial charge is 0.231 e. The molecule has 2 nitrogen and oxygen atoms in total. The normalized spacial score (nSPS) is 9.32. The highest BCUT2D eigenvalue weighted by Gasteiger charge is 1.97. The van der Waals surface area contributed by atoms with Crippen molar-refractivity contribution in [3.63, 3.8) is 0 Å². The molecule has 4 aromatic rings. The van der Waals surface area contributed by atoms with Gasteiger partial charge in [-0.05, 0) is 54.0 Å². The molecule has 0 aliphatic carbocycles. The highest BCUT2D eigenvalue weighted by atomic mass is 16.1. The fourth-order valence-electron chi connectivity index (χ4n) is 3.24. The van der Waals surface area contributed by atoms with Crippen LogP contribution in [0.5, 0.6) is 0 Å². The molecule has 0 saturated carbocycles. The fraction of sp³-hybridized carbons (Fsp3) is 0.138. The average molecular weight is 408 g/mol. The average Bonchev–Trinajstić information content (AvgIpc) is 2.82. The smallest absolute Gasteiger partial charge is 0.222 e. The molecule has 156 valence electrons. The summed E-state index contributed by atoms with van der Waals surface area (Å²) in [7, 11) is 0. The minimum absolute atomic E-state index is 0.750. The van der Waals surface area contributed by atoms with E-state index in [1.807, 2.05) is 0 Å². The summed E-state index contributed by atoms with van der Waals surface area (Å²) in [5, 5.41) is 5.40. The third-order valence-corrected chi connectivity index (χ3v) is 4.88. The van der Waals surface area contributed by atoms with Crippen LogP contribution in [0.2, 0.25) is 0 Å². The van der Waals surface area contributed by atoms with Gasteiger partial charge in [-0.25, -0.2) is 10.2 Å². The van der Waals surface area contributed by atoms with E-state index >= 15 is 0 Å². The second-order valence-corrected chi connectivity index (χ2v) is 7.16. The van der Waals surface area contributed by atoms with Gasteiger partial charge in [0.1, 0.15) is 0 Å². The number of hydrogen-bond acceptors (Lipinski definition) is 2. The van der Waals surface area contributed by atoms with Crippen LogP contribution in [0.3, 0.4) is 0 Å². The number of aryl methyl sites for hydroxylation is 3. The molecule has 31 heavy (non-hydrogen) atoms. The summed E-state index contributed by atoms with van der Waals surface area (Å²) in [5.74, 6) is 0. The van der Waals surface area contributed by atoms with Gasteiger partial charge in [0.15, 0.2) is 0 Å². The molecule has 0 saturated heterocycles. The maximum absolute atomic E-state index is 8.35. The summed E-state index contributed by atoms with van der Waals surface area (Å²) in [5.41, 5.74) is 7.01. The molecule has 0 fully saturated rings. The number of rotatable bonds is 5. The zero-order valence-corrected chi connectivity index (χ0v) is 18.0. The van der Waals surface area contributed by atoms with Gasteiger partial charge in [0.2, 0.25) is 6.08 Å². The molecule has 0 aliphatic rings. The Morgan fingerprint density at radius 1 is 0.581 bits per heavy atom. The van der Waals surface area contributed by atoms with Crippen LogP contribution in [0.4, 0.5) is 0 Å². The Kier molecular flexibility index (Phi) is 10.8. The fourth-order valence-corrected chi connectivity index (χ4v) is 3.24. The van der Waals surface area contributed by atoms with Crippen LogP contribution in [-0.2, 0) is 24.1 Å². The lowest BCUT2D eigenvalue weighted by atomic mass is 10.0. The Hall–Kier alpha value is -3.74. The van der Waals surface area contributed by atoms with Gasteiger partial charge in [-0.15, -0.1) is 0 Å². The number of isocyanates is 1. The number of hydrogen-bond donors (Lipinski definition) is 1. The Bertz CT molecular complexity index is 984. The second-order valence-electron chi connectivity index (χ2n) is 7.16. The van der Waals surface area contributed by atoms with E-state index in [0.29, 0.717) is 0 Å². The van der Waals surface area contributed by atoms with Crippen molar-refractivity contribution in [3.05, 3.63) is 143 Å². The lowest BCUT2D eigenvalue weighted by Gasteiger charge is -2.05. The molecule has 0 unspecified atom stereocenters. The maximum atomic E-state index is 8.35. The van der Waals surface area contributed by atoms with Gasteiger partial charge in [-0.2, -0.15) is 0 Å². The van der Waals surface area contributed by atoms with Crippen molar-refractivity contribution < 1.29 is 4.79 Å². The van der Waals surface area contributed by atoms with Gasteiger partial charge >= 0.3 is 0 Å². The molecule has 0 atom stereocenters. The zero-order chi connectivity index (χ0) is 22.2. The highest BCUT2D eigenvalue weighted by Crippen LogP contribution is 2.11. The standard InChI is InChI=1S/C15H16.C13H12.CHNO/c1-13-7-5-6-10-15(13)12-11-14-8-3-2-4-9-14;1-3-7-12(8-4-1)11-13-9-5-2-6-10-13;2-1-3/h2-10H,11-12H2,1H3;1-10H,11H2;2H. The summed E-state index contributed by atoms with van der Waals surface area (Å²) < 4.78 is 0. The van der Waals surface area contributed by atoms with Crippen LogP contribution >= 0.6 is 0 Å². The zero-order valence-electron chi connectivity index (χ0n) is 18.0. The van der Waals surface area contributed by atoms with E-state index in [1.54, 1.807) is 0 Å². The lowest BCUT2D eigenvalue weighted by molar-refractivity contribution is 0.563. The summed E-state index contributed by atoms with van der Waals surface area (Å²) in [6.07, 6.45) is 4.05. The molecule has 0 heterocycles. The topological polar surface area (TPSA) is 40.9 Å². The van der Waals surface area contributed by atoms with Crippen molar-refractivity contribution in [3.8, 4) is 0 Å². The molecule has 1 N–H and O–H groups in total. The van der Waals surface area contributed by atoms with Crippen molar-refractivity contribution in [2.45, 2.75) is 26.2 Å². The van der Waals surface area contributed by atoms with Crippen molar-refractivity contribution in [1.82, 2.24) is 0 Å². The highest BCUT2D eigenvalue weighted by molar-refractivity contribution is 5.28. The predicted molar refractivity (Wildman–Crippen MR) is 129 cm³/mol. The van der Waals surface area contributed by atoms with Crippen molar-refractivity contribution in [2.24, 2.45) is 0 Å². The molecular formula is C29H29NO. The van der Waals surface area contributed by atoms with E-state index in [-0.39, 0.29) is 0 Å². The van der Waals surface area contributed by atoms with Gasteiger partial charge in [0, 0.05) is 0 Å². The van der Waals surface area contributed by atoms with Crippen LogP contribution in [-0.4, -0.2) is 6.08 Å². The number of nitrogens with one attached hydrogen (secondary N) is 1. The van der Waals surface area contributed by atoms with Gasteiger partial charge in [0.25, 0.3) is 0 Å². The first-order chi connectivity index (χ1) is 15.2. The van der Waals surface area contributed by atoms with E-state index in [9.17, 15) is 0 Å². The minimum atomic E-state index is 0.750. The van der Waals surface area contributed by atoms with E-state index in [1.165, 1.54) is 27.8 Å². The molecule has 0 radical (unpaired) electrons. The quantitative estimate of drug-likeness (QED) is 0.282. The van der Waals surface area contributed by atoms with Crippen LogP contribution < -0.4 is 0 Å². The molecular weight excluding hydrogens is 378 g/mol. The summed E-state index contributed by atoms with van der Waals surface area (Å²) >= 11 is 0. The number of carbonyl (C=O) groups excluding carboxylic acids is 1. The van der Waals surface area contributed by atoms with Crippen molar-refractivity contribution in [2.75, 3.05) is 0 Å². The van der Waals surface area contributed by atoms with Crippen LogP contribution in [0.15, 0.2) is 115 Å². The van der Waals surface area contributed by atoms with Gasteiger partial charge in [0.05, 0.1) is 0 Å². The van der Waals surface area contributed by atoms with Gasteiger partial charge < -0.3 is 0 Å². The van der Waals surface area contributed by atoms with E-state index in [2.05, 4.69) is 122 Å². The summed E-state index contributed by atoms with van der Waals surface area (Å²) in [4.78, 5) is 8.35. The predicted octanol–water partition coefficient (Wildman–Crippen LogP) is 6.96. The lowest BCUT2D eigenvalue weighted by Crippen LogP contribution is -1.93. The summed E-state index contributed by atoms with van der Waals surface area (Å²) in [6.45, 7) is 2.18. The Labute approximate surface area is 185 Å². The third-order valence-electron chi connectivity index (χ3n) is 4.88. The minimum Gasteiger partial charge on any atom is -0.222 e. The van der Waals surface area contributed by atoms with Crippen LogP contribution in [0, 0.1) is 12.3 Å². The van der Waals surface area contributed by atoms with E-state index in [4.69, 9.17) is 10.2 Å². The van der Waals surface area contributed by atoms with Crippen LogP contribution in [0.25, 0.3) is 0 Å². The molecule has 0 aliphatic heterocycles. The molecule has 0 aromatic heterocycles. The van der Waals surface area contributed by atoms with E-state index < -0.39 is 0 Å². The monoisotopic (exact) mass is 407 g/mol. The van der Waals surface area contributed by atoms with Gasteiger partial charge in [-0.1, -0.05) is 115 Å². The maximum Gasteiger partial charge on any atom is 0.231 e. The first-order valence-electron chi connectivity index (χ1n) is 10.4. The SMILES string of the molecule is Cc1ccccc1CCc1ccccc1.N=C=O.c1ccc(Cc2ccccc2)cc1.